The number of rotatable bonds is 5. The summed E-state index contributed by atoms with van der Waals surface area (Å²) in [6.45, 7) is 7.06. The largest absolute Gasteiger partial charge is 0.444 e. The Bertz CT molecular complexity index is 482. The molecule has 0 aliphatic heterocycles. The molecule has 21 heavy (non-hydrogen) atoms. The molecule has 116 valence electrons. The van der Waals surface area contributed by atoms with Gasteiger partial charge in [-0.2, -0.15) is 4.39 Å². The number of likely N-dealkylation sites (N-methyl/N-ethyl adjacent to an activating group) is 1. The summed E-state index contributed by atoms with van der Waals surface area (Å²) in [4.78, 5) is 24.5. The molecule has 0 radical (unpaired) electrons. The Morgan fingerprint density at radius 1 is 1.24 bits per heavy atom. The Morgan fingerprint density at radius 2 is 1.81 bits per heavy atom. The van der Waals surface area contributed by atoms with Crippen LogP contribution in [0.15, 0.2) is 30.3 Å². The van der Waals surface area contributed by atoms with Crippen molar-refractivity contribution in [2.45, 2.75) is 45.8 Å². The molecule has 4 nitrogen and oxygen atoms in total. The van der Waals surface area contributed by atoms with Crippen molar-refractivity contribution < 1.29 is 18.7 Å². The molecule has 0 aliphatic carbocycles. The summed E-state index contributed by atoms with van der Waals surface area (Å²) in [6, 6.07) is 6.33. The highest BCUT2D eigenvalue weighted by Gasteiger charge is 2.32. The fourth-order valence-electron chi connectivity index (χ4n) is 1.95. The maximum Gasteiger partial charge on any atom is 0.411 e. The van der Waals surface area contributed by atoms with Crippen molar-refractivity contribution in [3.05, 3.63) is 35.9 Å². The maximum atomic E-state index is 13.4. The quantitative estimate of drug-likeness (QED) is 0.783. The Labute approximate surface area is 124 Å². The average molecular weight is 295 g/mol. The van der Waals surface area contributed by atoms with E-state index in [4.69, 9.17) is 4.74 Å². The molecule has 0 aromatic heterocycles. The van der Waals surface area contributed by atoms with E-state index < -0.39 is 23.8 Å². The molecule has 0 heterocycles. The van der Waals surface area contributed by atoms with Crippen LogP contribution in [-0.4, -0.2) is 35.2 Å². The molecule has 0 saturated heterocycles. The first kappa shape index (κ1) is 17.1. The summed E-state index contributed by atoms with van der Waals surface area (Å²) in [5, 5.41) is 0. The van der Waals surface area contributed by atoms with E-state index in [0.717, 1.165) is 10.5 Å². The predicted molar refractivity (Wildman–Crippen MR) is 78.7 cm³/mol. The van der Waals surface area contributed by atoms with Gasteiger partial charge in [-0.1, -0.05) is 30.3 Å². The van der Waals surface area contributed by atoms with Crippen LogP contribution in [-0.2, 0) is 16.0 Å². The standard InChI is InChI=1S/C16H22FNO3/c1-5-18(15(20)21-16(2,3)4)13(14(17)19)11-12-9-7-6-8-10-12/h6-10,13H,5,11H2,1-4H3. The lowest BCUT2D eigenvalue weighted by molar-refractivity contribution is -0.135. The smallest absolute Gasteiger partial charge is 0.411 e. The lowest BCUT2D eigenvalue weighted by Gasteiger charge is -2.30. The van der Waals surface area contributed by atoms with Crippen LogP contribution < -0.4 is 0 Å². The zero-order valence-electron chi connectivity index (χ0n) is 12.9. The van der Waals surface area contributed by atoms with Crippen LogP contribution in [0.2, 0.25) is 0 Å². The summed E-state index contributed by atoms with van der Waals surface area (Å²) in [6.07, 6.45) is -0.555. The van der Waals surface area contributed by atoms with Crippen molar-refractivity contribution in [1.29, 1.82) is 0 Å². The third kappa shape index (κ3) is 5.53. The van der Waals surface area contributed by atoms with Crippen molar-refractivity contribution in [2.75, 3.05) is 6.54 Å². The Kier molecular flexibility index (Phi) is 5.88. The molecule has 5 heteroatoms. The minimum atomic E-state index is -1.54. The number of nitrogens with zero attached hydrogens (tertiary/aromatic N) is 1. The molecule has 0 bridgehead atoms. The van der Waals surface area contributed by atoms with Gasteiger partial charge in [0.2, 0.25) is 0 Å². The van der Waals surface area contributed by atoms with E-state index in [0.29, 0.717) is 0 Å². The monoisotopic (exact) mass is 295 g/mol. The first-order valence-corrected chi connectivity index (χ1v) is 6.97. The molecule has 0 spiro atoms. The van der Waals surface area contributed by atoms with Gasteiger partial charge in [0.25, 0.3) is 0 Å². The molecule has 0 aliphatic rings. The molecule has 0 saturated carbocycles. The fraction of sp³-hybridized carbons (Fsp3) is 0.500. The van der Waals surface area contributed by atoms with Gasteiger partial charge in [0.1, 0.15) is 11.6 Å². The minimum absolute atomic E-state index is 0.128. The van der Waals surface area contributed by atoms with Gasteiger partial charge in [-0.25, -0.2) is 4.79 Å². The second-order valence-electron chi connectivity index (χ2n) is 5.78. The van der Waals surface area contributed by atoms with Crippen molar-refractivity contribution in [2.24, 2.45) is 0 Å². The summed E-state index contributed by atoms with van der Waals surface area (Å²) in [7, 11) is 0. The zero-order chi connectivity index (χ0) is 16.0. The number of carbonyl (C=O) groups is 2. The van der Waals surface area contributed by atoms with E-state index in [1.807, 2.05) is 6.07 Å². The van der Waals surface area contributed by atoms with Crippen molar-refractivity contribution >= 4 is 12.1 Å². The van der Waals surface area contributed by atoms with Gasteiger partial charge in [0, 0.05) is 13.0 Å². The second-order valence-corrected chi connectivity index (χ2v) is 5.78. The summed E-state index contributed by atoms with van der Waals surface area (Å²) >= 11 is 0. The van der Waals surface area contributed by atoms with Gasteiger partial charge in [-0.3, -0.25) is 9.69 Å². The first-order valence-electron chi connectivity index (χ1n) is 6.97. The van der Waals surface area contributed by atoms with Crippen molar-refractivity contribution in [3.8, 4) is 0 Å². The summed E-state index contributed by atoms with van der Waals surface area (Å²) < 4.78 is 18.6. The Morgan fingerprint density at radius 3 is 2.24 bits per heavy atom. The fourth-order valence-corrected chi connectivity index (χ4v) is 1.95. The molecule has 1 aromatic rings. The van der Waals surface area contributed by atoms with Crippen molar-refractivity contribution in [3.63, 3.8) is 0 Å². The number of halogens is 1. The van der Waals surface area contributed by atoms with Crippen LogP contribution in [0.5, 0.6) is 0 Å². The molecule has 0 fully saturated rings. The lowest BCUT2D eigenvalue weighted by atomic mass is 10.1. The van der Waals surface area contributed by atoms with E-state index in [1.54, 1.807) is 52.0 Å². The van der Waals surface area contributed by atoms with Crippen molar-refractivity contribution in [1.82, 2.24) is 4.90 Å². The number of carbonyl (C=O) groups excluding carboxylic acids is 2. The van der Waals surface area contributed by atoms with Crippen LogP contribution >= 0.6 is 0 Å². The third-order valence-electron chi connectivity index (χ3n) is 2.88. The van der Waals surface area contributed by atoms with E-state index in [-0.39, 0.29) is 13.0 Å². The Balaban J connectivity index is 2.91. The number of benzene rings is 1. The SMILES string of the molecule is CCN(C(=O)OC(C)(C)C)C(Cc1ccccc1)C(=O)F. The number of hydrogen-bond acceptors (Lipinski definition) is 3. The van der Waals surface area contributed by atoms with Crippen LogP contribution in [0.1, 0.15) is 33.3 Å². The van der Waals surface area contributed by atoms with Crippen LogP contribution in [0.3, 0.4) is 0 Å². The summed E-state index contributed by atoms with van der Waals surface area (Å²) in [5.74, 6) is 0. The third-order valence-corrected chi connectivity index (χ3v) is 2.88. The molecule has 1 atom stereocenters. The molecular weight excluding hydrogens is 273 g/mol. The molecule has 1 unspecified atom stereocenters. The normalized spacial score (nSPS) is 12.6. The number of amides is 1. The predicted octanol–water partition coefficient (Wildman–Crippen LogP) is 3.35. The van der Waals surface area contributed by atoms with Gasteiger partial charge >= 0.3 is 12.1 Å². The number of hydrogen-bond donors (Lipinski definition) is 0. The van der Waals surface area contributed by atoms with E-state index in [9.17, 15) is 14.0 Å². The highest BCUT2D eigenvalue weighted by molar-refractivity contribution is 5.81. The topological polar surface area (TPSA) is 46.6 Å². The highest BCUT2D eigenvalue weighted by atomic mass is 19.1. The van der Waals surface area contributed by atoms with Crippen LogP contribution in [0.4, 0.5) is 9.18 Å². The van der Waals surface area contributed by atoms with E-state index >= 15 is 0 Å². The van der Waals surface area contributed by atoms with Gasteiger partial charge < -0.3 is 4.74 Å². The molecule has 1 rings (SSSR count). The van der Waals surface area contributed by atoms with Gasteiger partial charge in [0.05, 0.1) is 0 Å². The van der Waals surface area contributed by atoms with E-state index in [2.05, 4.69) is 0 Å². The van der Waals surface area contributed by atoms with Gasteiger partial charge in [-0.05, 0) is 33.3 Å². The lowest BCUT2D eigenvalue weighted by Crippen LogP contribution is -2.47. The first-order chi connectivity index (χ1) is 9.74. The van der Waals surface area contributed by atoms with E-state index in [1.165, 1.54) is 0 Å². The molecular formula is C16H22FNO3. The summed E-state index contributed by atoms with van der Waals surface area (Å²) in [5.41, 5.74) is 0.0942. The van der Waals surface area contributed by atoms with Crippen LogP contribution in [0, 0.1) is 0 Å². The maximum absolute atomic E-state index is 13.4. The second kappa shape index (κ2) is 7.20. The average Bonchev–Trinajstić information content (AvgIpc) is 2.37. The minimum Gasteiger partial charge on any atom is -0.444 e. The molecule has 1 aromatic carbocycles. The number of ether oxygens (including phenoxy) is 1. The van der Waals surface area contributed by atoms with Gasteiger partial charge in [-0.15, -0.1) is 0 Å². The Hall–Kier alpha value is -1.91. The molecule has 1 amide bonds. The zero-order valence-corrected chi connectivity index (χ0v) is 12.9. The highest BCUT2D eigenvalue weighted by Crippen LogP contribution is 2.16. The van der Waals surface area contributed by atoms with Crippen LogP contribution in [0.25, 0.3) is 0 Å². The van der Waals surface area contributed by atoms with Gasteiger partial charge in [0.15, 0.2) is 0 Å². The molecule has 0 N–H and O–H groups in total.